The predicted molar refractivity (Wildman–Crippen MR) is 64.5 cm³/mol. The van der Waals surface area contributed by atoms with Crippen LogP contribution in [0, 0.1) is 0 Å². The van der Waals surface area contributed by atoms with Crippen molar-refractivity contribution >= 4 is 17.5 Å². The molecule has 0 saturated heterocycles. The van der Waals surface area contributed by atoms with Crippen molar-refractivity contribution in [1.82, 2.24) is 4.90 Å². The standard InChI is InChI=1S/C11H20ClNO3/c1-4-7-13(10(14)8-12)9-11(15-5-2)16-6-3/h4,11H,1,5-9H2,2-3H3. The van der Waals surface area contributed by atoms with E-state index in [0.717, 1.165) is 0 Å². The molecule has 0 aliphatic heterocycles. The van der Waals surface area contributed by atoms with Gasteiger partial charge in [0.1, 0.15) is 5.88 Å². The molecule has 0 aromatic rings. The molecule has 0 fully saturated rings. The first kappa shape index (κ1) is 15.4. The van der Waals surface area contributed by atoms with Crippen LogP contribution in [0.3, 0.4) is 0 Å². The summed E-state index contributed by atoms with van der Waals surface area (Å²) in [6.45, 7) is 9.27. The van der Waals surface area contributed by atoms with Gasteiger partial charge in [0.15, 0.2) is 6.29 Å². The lowest BCUT2D eigenvalue weighted by molar-refractivity contribution is -0.156. The number of carbonyl (C=O) groups excluding carboxylic acids is 1. The molecule has 0 N–H and O–H groups in total. The van der Waals surface area contributed by atoms with Crippen molar-refractivity contribution in [2.75, 3.05) is 32.2 Å². The van der Waals surface area contributed by atoms with Gasteiger partial charge in [-0.1, -0.05) is 6.08 Å². The second kappa shape index (κ2) is 9.63. The fraction of sp³-hybridized carbons (Fsp3) is 0.727. The summed E-state index contributed by atoms with van der Waals surface area (Å²) in [4.78, 5) is 13.0. The molecule has 0 saturated carbocycles. The molecule has 4 nitrogen and oxygen atoms in total. The molecular weight excluding hydrogens is 230 g/mol. The van der Waals surface area contributed by atoms with Crippen molar-refractivity contribution in [3.05, 3.63) is 12.7 Å². The summed E-state index contributed by atoms with van der Waals surface area (Å²) in [6.07, 6.45) is 1.25. The van der Waals surface area contributed by atoms with E-state index in [4.69, 9.17) is 21.1 Å². The third-order valence-electron chi connectivity index (χ3n) is 1.89. The van der Waals surface area contributed by atoms with Crippen LogP contribution >= 0.6 is 11.6 Å². The van der Waals surface area contributed by atoms with Gasteiger partial charge in [-0.2, -0.15) is 0 Å². The minimum atomic E-state index is -0.401. The third-order valence-corrected chi connectivity index (χ3v) is 2.12. The van der Waals surface area contributed by atoms with Gasteiger partial charge in [0.2, 0.25) is 5.91 Å². The number of ether oxygens (including phenoxy) is 2. The van der Waals surface area contributed by atoms with Crippen molar-refractivity contribution in [1.29, 1.82) is 0 Å². The number of amides is 1. The van der Waals surface area contributed by atoms with Crippen LogP contribution in [-0.2, 0) is 14.3 Å². The summed E-state index contributed by atoms with van der Waals surface area (Å²) < 4.78 is 10.7. The number of carbonyl (C=O) groups is 1. The van der Waals surface area contributed by atoms with Crippen molar-refractivity contribution in [3.8, 4) is 0 Å². The average Bonchev–Trinajstić information content (AvgIpc) is 2.28. The monoisotopic (exact) mass is 249 g/mol. The lowest BCUT2D eigenvalue weighted by Gasteiger charge is -2.25. The molecule has 0 aliphatic carbocycles. The van der Waals surface area contributed by atoms with Gasteiger partial charge in [-0.15, -0.1) is 18.2 Å². The zero-order valence-electron chi connectivity index (χ0n) is 9.95. The third kappa shape index (κ3) is 6.10. The van der Waals surface area contributed by atoms with Crippen LogP contribution in [0.15, 0.2) is 12.7 Å². The minimum Gasteiger partial charge on any atom is -0.351 e. The number of nitrogens with zero attached hydrogens (tertiary/aromatic N) is 1. The van der Waals surface area contributed by atoms with E-state index in [-0.39, 0.29) is 11.8 Å². The molecule has 0 radical (unpaired) electrons. The van der Waals surface area contributed by atoms with Gasteiger partial charge in [-0.25, -0.2) is 0 Å². The molecule has 0 spiro atoms. The van der Waals surface area contributed by atoms with Gasteiger partial charge in [0.05, 0.1) is 6.54 Å². The Balaban J connectivity index is 4.30. The second-order valence-corrected chi connectivity index (χ2v) is 3.33. The van der Waals surface area contributed by atoms with Gasteiger partial charge in [-0.3, -0.25) is 4.79 Å². The lowest BCUT2D eigenvalue weighted by atomic mass is 10.4. The van der Waals surface area contributed by atoms with Crippen LogP contribution in [0.25, 0.3) is 0 Å². The van der Waals surface area contributed by atoms with Gasteiger partial charge in [-0.05, 0) is 13.8 Å². The maximum atomic E-state index is 11.5. The summed E-state index contributed by atoms with van der Waals surface area (Å²) in [7, 11) is 0. The molecule has 0 rings (SSSR count). The highest BCUT2D eigenvalue weighted by molar-refractivity contribution is 6.27. The van der Waals surface area contributed by atoms with Gasteiger partial charge >= 0.3 is 0 Å². The van der Waals surface area contributed by atoms with Crippen LogP contribution in [0.2, 0.25) is 0 Å². The zero-order chi connectivity index (χ0) is 12.4. The molecule has 0 bridgehead atoms. The Morgan fingerprint density at radius 1 is 1.44 bits per heavy atom. The Kier molecular flexibility index (Phi) is 9.28. The largest absolute Gasteiger partial charge is 0.351 e. The molecule has 0 unspecified atom stereocenters. The summed E-state index contributed by atoms with van der Waals surface area (Å²) >= 11 is 5.51. The summed E-state index contributed by atoms with van der Waals surface area (Å²) in [5, 5.41) is 0. The van der Waals surface area contributed by atoms with Crippen LogP contribution in [0.4, 0.5) is 0 Å². The van der Waals surface area contributed by atoms with Crippen LogP contribution in [0.1, 0.15) is 13.8 Å². The lowest BCUT2D eigenvalue weighted by Crippen LogP contribution is -2.40. The quantitative estimate of drug-likeness (QED) is 0.354. The Morgan fingerprint density at radius 3 is 2.38 bits per heavy atom. The van der Waals surface area contributed by atoms with E-state index < -0.39 is 6.29 Å². The first-order chi connectivity index (χ1) is 7.69. The van der Waals surface area contributed by atoms with E-state index in [1.54, 1.807) is 11.0 Å². The highest BCUT2D eigenvalue weighted by Gasteiger charge is 2.17. The average molecular weight is 250 g/mol. The summed E-state index contributed by atoms with van der Waals surface area (Å²) in [6, 6.07) is 0. The Labute approximate surface area is 102 Å². The van der Waals surface area contributed by atoms with Crippen LogP contribution in [0.5, 0.6) is 0 Å². The molecular formula is C11H20ClNO3. The van der Waals surface area contributed by atoms with Crippen molar-refractivity contribution < 1.29 is 14.3 Å². The highest BCUT2D eigenvalue weighted by Crippen LogP contribution is 2.02. The van der Waals surface area contributed by atoms with E-state index in [1.165, 1.54) is 0 Å². The number of hydrogen-bond donors (Lipinski definition) is 0. The van der Waals surface area contributed by atoms with Crippen molar-refractivity contribution in [2.45, 2.75) is 20.1 Å². The van der Waals surface area contributed by atoms with E-state index in [0.29, 0.717) is 26.3 Å². The molecule has 16 heavy (non-hydrogen) atoms. The van der Waals surface area contributed by atoms with Crippen LogP contribution in [-0.4, -0.2) is 49.3 Å². The van der Waals surface area contributed by atoms with Gasteiger partial charge in [0.25, 0.3) is 0 Å². The fourth-order valence-corrected chi connectivity index (χ4v) is 1.39. The number of halogens is 1. The first-order valence-corrected chi connectivity index (χ1v) is 5.90. The first-order valence-electron chi connectivity index (χ1n) is 5.37. The van der Waals surface area contributed by atoms with E-state index >= 15 is 0 Å². The van der Waals surface area contributed by atoms with Crippen molar-refractivity contribution in [2.24, 2.45) is 0 Å². The van der Waals surface area contributed by atoms with E-state index in [1.807, 2.05) is 13.8 Å². The Bertz CT molecular complexity index is 205. The maximum absolute atomic E-state index is 11.5. The summed E-state index contributed by atoms with van der Waals surface area (Å²) in [5.74, 6) is -0.190. The Morgan fingerprint density at radius 2 is 2.00 bits per heavy atom. The Hall–Kier alpha value is -0.580. The van der Waals surface area contributed by atoms with Gasteiger partial charge in [0, 0.05) is 19.8 Å². The second-order valence-electron chi connectivity index (χ2n) is 3.06. The molecule has 5 heteroatoms. The van der Waals surface area contributed by atoms with E-state index in [9.17, 15) is 4.79 Å². The number of alkyl halides is 1. The van der Waals surface area contributed by atoms with Crippen molar-refractivity contribution in [3.63, 3.8) is 0 Å². The molecule has 0 aromatic heterocycles. The molecule has 0 aliphatic rings. The van der Waals surface area contributed by atoms with Crippen LogP contribution < -0.4 is 0 Å². The maximum Gasteiger partial charge on any atom is 0.237 e. The normalized spacial score (nSPS) is 10.5. The highest BCUT2D eigenvalue weighted by atomic mass is 35.5. The molecule has 0 aromatic carbocycles. The molecule has 1 amide bonds. The zero-order valence-corrected chi connectivity index (χ0v) is 10.7. The van der Waals surface area contributed by atoms with E-state index in [2.05, 4.69) is 6.58 Å². The smallest absolute Gasteiger partial charge is 0.237 e. The number of hydrogen-bond acceptors (Lipinski definition) is 3. The molecule has 94 valence electrons. The summed E-state index contributed by atoms with van der Waals surface area (Å²) in [5.41, 5.74) is 0. The fourth-order valence-electron chi connectivity index (χ4n) is 1.22. The number of rotatable bonds is 9. The SMILES string of the molecule is C=CCN(CC(OCC)OCC)C(=O)CCl. The minimum absolute atomic E-state index is 0.0428. The predicted octanol–water partition coefficient (Wildman–Crippen LogP) is 1.64. The van der Waals surface area contributed by atoms with Gasteiger partial charge < -0.3 is 14.4 Å². The molecule has 0 atom stereocenters. The topological polar surface area (TPSA) is 38.8 Å². The molecule has 0 heterocycles.